The molecule has 25 heavy (non-hydrogen) atoms. The molecule has 0 saturated carbocycles. The molecule has 0 saturated heterocycles. The van der Waals surface area contributed by atoms with Gasteiger partial charge in [0.2, 0.25) is 0 Å². The highest BCUT2D eigenvalue weighted by atomic mass is 14.3. The van der Waals surface area contributed by atoms with Crippen LogP contribution >= 0.6 is 0 Å². The first-order chi connectivity index (χ1) is 11.6. The third-order valence-corrected chi connectivity index (χ3v) is 5.12. The molecule has 2 aromatic carbocycles. The molecular weight excluding hydrogens is 300 g/mol. The SMILES string of the molecule is CCCc1cc(C(C)C)ccc1-c1ccc(C(C)C)cc1C(C)(C)C. The Morgan fingerprint density at radius 3 is 1.76 bits per heavy atom. The van der Waals surface area contributed by atoms with Crippen molar-refractivity contribution in [2.24, 2.45) is 0 Å². The van der Waals surface area contributed by atoms with E-state index in [9.17, 15) is 0 Å². The molecule has 0 aromatic heterocycles. The summed E-state index contributed by atoms with van der Waals surface area (Å²) in [5, 5.41) is 0. The summed E-state index contributed by atoms with van der Waals surface area (Å²) in [7, 11) is 0. The van der Waals surface area contributed by atoms with Crippen LogP contribution < -0.4 is 0 Å². The van der Waals surface area contributed by atoms with Crippen molar-refractivity contribution in [3.05, 3.63) is 58.7 Å². The van der Waals surface area contributed by atoms with Gasteiger partial charge in [0.15, 0.2) is 0 Å². The number of hydrogen-bond acceptors (Lipinski definition) is 0. The smallest absolute Gasteiger partial charge is 0.0126 e. The third-order valence-electron chi connectivity index (χ3n) is 5.12. The highest BCUT2D eigenvalue weighted by Crippen LogP contribution is 2.37. The lowest BCUT2D eigenvalue weighted by molar-refractivity contribution is 0.590. The maximum absolute atomic E-state index is 2.44. The first-order valence-electron chi connectivity index (χ1n) is 9.92. The van der Waals surface area contributed by atoms with E-state index in [1.54, 1.807) is 0 Å². The van der Waals surface area contributed by atoms with Crippen molar-refractivity contribution in [2.75, 3.05) is 0 Å². The zero-order chi connectivity index (χ0) is 18.8. The minimum absolute atomic E-state index is 0.139. The predicted molar refractivity (Wildman–Crippen MR) is 113 cm³/mol. The molecular formula is C25H36. The van der Waals surface area contributed by atoms with E-state index in [-0.39, 0.29) is 5.41 Å². The monoisotopic (exact) mass is 336 g/mol. The zero-order valence-corrected chi connectivity index (χ0v) is 17.5. The number of aryl methyl sites for hydroxylation is 1. The maximum atomic E-state index is 2.44. The largest absolute Gasteiger partial charge is 0.0651 e. The average molecular weight is 337 g/mol. The molecule has 0 spiro atoms. The summed E-state index contributed by atoms with van der Waals surface area (Å²) in [6.07, 6.45) is 2.33. The highest BCUT2D eigenvalue weighted by Gasteiger charge is 2.21. The summed E-state index contributed by atoms with van der Waals surface area (Å²) in [5.41, 5.74) is 8.82. The maximum Gasteiger partial charge on any atom is -0.0126 e. The summed E-state index contributed by atoms with van der Waals surface area (Å²) < 4.78 is 0. The van der Waals surface area contributed by atoms with Crippen molar-refractivity contribution in [1.29, 1.82) is 0 Å². The van der Waals surface area contributed by atoms with Crippen LogP contribution in [-0.4, -0.2) is 0 Å². The molecule has 2 aromatic rings. The normalized spacial score (nSPS) is 12.2. The molecule has 0 atom stereocenters. The van der Waals surface area contributed by atoms with Gasteiger partial charge in [0.05, 0.1) is 0 Å². The standard InChI is InChI=1S/C25H36/c1-9-10-21-15-19(17(2)3)11-13-22(21)23-14-12-20(18(4)5)16-24(23)25(6,7)8/h11-18H,9-10H2,1-8H3. The zero-order valence-electron chi connectivity index (χ0n) is 17.5. The fourth-order valence-electron chi connectivity index (χ4n) is 3.49. The Kier molecular flexibility index (Phi) is 6.14. The summed E-state index contributed by atoms with van der Waals surface area (Å²) in [6.45, 7) is 18.4. The van der Waals surface area contributed by atoms with Gasteiger partial charge >= 0.3 is 0 Å². The molecule has 0 heteroatoms. The van der Waals surface area contributed by atoms with Crippen molar-refractivity contribution in [3.63, 3.8) is 0 Å². The van der Waals surface area contributed by atoms with Gasteiger partial charge in [-0.25, -0.2) is 0 Å². The lowest BCUT2D eigenvalue weighted by Gasteiger charge is -2.26. The summed E-state index contributed by atoms with van der Waals surface area (Å²) in [5.74, 6) is 1.14. The van der Waals surface area contributed by atoms with Crippen molar-refractivity contribution < 1.29 is 0 Å². The van der Waals surface area contributed by atoms with Crippen LogP contribution in [0, 0.1) is 0 Å². The van der Waals surface area contributed by atoms with Gasteiger partial charge in [0, 0.05) is 0 Å². The van der Waals surface area contributed by atoms with Gasteiger partial charge in [-0.15, -0.1) is 0 Å². The van der Waals surface area contributed by atoms with Crippen LogP contribution in [-0.2, 0) is 11.8 Å². The Hall–Kier alpha value is -1.56. The van der Waals surface area contributed by atoms with Crippen molar-refractivity contribution in [1.82, 2.24) is 0 Å². The molecule has 0 bridgehead atoms. The van der Waals surface area contributed by atoms with E-state index in [1.165, 1.54) is 39.8 Å². The molecule has 0 aliphatic heterocycles. The minimum atomic E-state index is 0.139. The van der Waals surface area contributed by atoms with E-state index in [2.05, 4.69) is 91.8 Å². The van der Waals surface area contributed by atoms with Gasteiger partial charge in [-0.05, 0) is 57.1 Å². The van der Waals surface area contributed by atoms with Crippen LogP contribution in [0.2, 0.25) is 0 Å². The molecule has 0 radical (unpaired) electrons. The minimum Gasteiger partial charge on any atom is -0.0651 e. The molecule has 0 nitrogen and oxygen atoms in total. The van der Waals surface area contributed by atoms with E-state index in [4.69, 9.17) is 0 Å². The van der Waals surface area contributed by atoms with E-state index < -0.39 is 0 Å². The summed E-state index contributed by atoms with van der Waals surface area (Å²) >= 11 is 0. The van der Waals surface area contributed by atoms with E-state index in [0.717, 1.165) is 6.42 Å². The molecule has 0 aliphatic rings. The molecule has 2 rings (SSSR count). The Morgan fingerprint density at radius 2 is 1.28 bits per heavy atom. The second-order valence-electron chi connectivity index (χ2n) is 9.03. The van der Waals surface area contributed by atoms with Crippen LogP contribution in [0.25, 0.3) is 11.1 Å². The van der Waals surface area contributed by atoms with E-state index >= 15 is 0 Å². The van der Waals surface area contributed by atoms with Crippen LogP contribution in [0.15, 0.2) is 36.4 Å². The van der Waals surface area contributed by atoms with Crippen molar-refractivity contribution >= 4 is 0 Å². The van der Waals surface area contributed by atoms with Crippen LogP contribution in [0.5, 0.6) is 0 Å². The van der Waals surface area contributed by atoms with E-state index in [0.29, 0.717) is 11.8 Å². The van der Waals surface area contributed by atoms with Gasteiger partial charge in [-0.3, -0.25) is 0 Å². The number of benzene rings is 2. The van der Waals surface area contributed by atoms with E-state index in [1.807, 2.05) is 0 Å². The second-order valence-corrected chi connectivity index (χ2v) is 9.03. The predicted octanol–water partition coefficient (Wildman–Crippen LogP) is 7.85. The van der Waals surface area contributed by atoms with Gasteiger partial charge in [-0.2, -0.15) is 0 Å². The molecule has 0 aliphatic carbocycles. The third kappa shape index (κ3) is 4.54. The fraction of sp³-hybridized carbons (Fsp3) is 0.520. The first kappa shape index (κ1) is 19.8. The molecule has 136 valence electrons. The van der Waals surface area contributed by atoms with Crippen LogP contribution in [0.1, 0.15) is 95.9 Å². The Morgan fingerprint density at radius 1 is 0.760 bits per heavy atom. The quantitative estimate of drug-likeness (QED) is 0.521. The number of hydrogen-bond donors (Lipinski definition) is 0. The van der Waals surface area contributed by atoms with Gasteiger partial charge in [0.25, 0.3) is 0 Å². The fourth-order valence-corrected chi connectivity index (χ4v) is 3.49. The Labute approximate surface area is 155 Å². The summed E-state index contributed by atoms with van der Waals surface area (Å²) in [4.78, 5) is 0. The second kappa shape index (κ2) is 7.77. The Balaban J connectivity index is 2.68. The van der Waals surface area contributed by atoms with Gasteiger partial charge in [0.1, 0.15) is 0 Å². The lowest BCUT2D eigenvalue weighted by Crippen LogP contribution is -2.14. The molecule has 0 heterocycles. The highest BCUT2D eigenvalue weighted by molar-refractivity contribution is 5.73. The first-order valence-corrected chi connectivity index (χ1v) is 9.92. The molecule has 0 amide bonds. The summed E-state index contributed by atoms with van der Waals surface area (Å²) in [6, 6.07) is 14.2. The topological polar surface area (TPSA) is 0 Å². The van der Waals surface area contributed by atoms with Crippen molar-refractivity contribution in [3.8, 4) is 11.1 Å². The average Bonchev–Trinajstić information content (AvgIpc) is 2.53. The Bertz CT molecular complexity index is 711. The lowest BCUT2D eigenvalue weighted by atomic mass is 9.78. The van der Waals surface area contributed by atoms with Gasteiger partial charge < -0.3 is 0 Å². The molecule has 0 fully saturated rings. The van der Waals surface area contributed by atoms with Crippen molar-refractivity contribution in [2.45, 2.75) is 85.5 Å². The molecule has 0 N–H and O–H groups in total. The number of rotatable bonds is 5. The molecule has 0 unspecified atom stereocenters. The van der Waals surface area contributed by atoms with Crippen LogP contribution in [0.4, 0.5) is 0 Å². The van der Waals surface area contributed by atoms with Crippen LogP contribution in [0.3, 0.4) is 0 Å². The van der Waals surface area contributed by atoms with Gasteiger partial charge in [-0.1, -0.05) is 98.2 Å².